The fourth-order valence-corrected chi connectivity index (χ4v) is 3.16. The van der Waals surface area contributed by atoms with Crippen LogP contribution in [0.5, 0.6) is 0 Å². The molecular formula is C21H20N2O3S. The molecule has 138 valence electrons. The molecule has 0 spiro atoms. The zero-order valence-corrected chi connectivity index (χ0v) is 15.9. The van der Waals surface area contributed by atoms with E-state index in [0.29, 0.717) is 11.4 Å². The first kappa shape index (κ1) is 18.8. The van der Waals surface area contributed by atoms with Crippen LogP contribution in [0.3, 0.4) is 0 Å². The Morgan fingerprint density at radius 2 is 1.74 bits per heavy atom. The number of rotatable bonds is 6. The van der Waals surface area contributed by atoms with Crippen LogP contribution in [-0.2, 0) is 4.79 Å². The SMILES string of the molecule is Cc1cccc(NC(=O)CSc2ccc(NC(=O)c3ccco3)cc2)c1C. The van der Waals surface area contributed by atoms with Crippen molar-refractivity contribution in [3.8, 4) is 0 Å². The van der Waals surface area contributed by atoms with Crippen LogP contribution in [0.2, 0.25) is 0 Å². The number of amides is 2. The van der Waals surface area contributed by atoms with Crippen LogP contribution >= 0.6 is 11.8 Å². The molecule has 0 aliphatic heterocycles. The number of anilines is 2. The molecule has 27 heavy (non-hydrogen) atoms. The summed E-state index contributed by atoms with van der Waals surface area (Å²) in [6, 6.07) is 16.5. The topological polar surface area (TPSA) is 71.3 Å². The van der Waals surface area contributed by atoms with E-state index in [-0.39, 0.29) is 17.6 Å². The summed E-state index contributed by atoms with van der Waals surface area (Å²) in [5.41, 5.74) is 3.73. The molecule has 5 nitrogen and oxygen atoms in total. The van der Waals surface area contributed by atoms with Crippen LogP contribution in [-0.4, -0.2) is 17.6 Å². The number of hydrogen-bond donors (Lipinski definition) is 2. The third-order valence-corrected chi connectivity index (χ3v) is 5.12. The first-order valence-corrected chi connectivity index (χ1v) is 9.45. The summed E-state index contributed by atoms with van der Waals surface area (Å²) >= 11 is 1.44. The number of thioether (sulfide) groups is 1. The van der Waals surface area contributed by atoms with Gasteiger partial charge in [-0.2, -0.15) is 0 Å². The van der Waals surface area contributed by atoms with Gasteiger partial charge in [0.15, 0.2) is 5.76 Å². The van der Waals surface area contributed by atoms with Crippen molar-refractivity contribution >= 4 is 35.0 Å². The molecular weight excluding hydrogens is 360 g/mol. The number of carbonyl (C=O) groups excluding carboxylic acids is 2. The summed E-state index contributed by atoms with van der Waals surface area (Å²) < 4.78 is 5.06. The molecule has 2 aromatic carbocycles. The van der Waals surface area contributed by atoms with Crippen molar-refractivity contribution in [2.24, 2.45) is 0 Å². The lowest BCUT2D eigenvalue weighted by molar-refractivity contribution is -0.113. The molecule has 0 aliphatic rings. The highest BCUT2D eigenvalue weighted by Crippen LogP contribution is 2.22. The molecule has 1 aromatic heterocycles. The maximum absolute atomic E-state index is 12.2. The Morgan fingerprint density at radius 3 is 2.44 bits per heavy atom. The van der Waals surface area contributed by atoms with E-state index < -0.39 is 0 Å². The van der Waals surface area contributed by atoms with Crippen LogP contribution in [0.1, 0.15) is 21.7 Å². The summed E-state index contributed by atoms with van der Waals surface area (Å²) in [6.07, 6.45) is 1.46. The molecule has 0 radical (unpaired) electrons. The second-order valence-electron chi connectivity index (χ2n) is 6.04. The van der Waals surface area contributed by atoms with E-state index in [1.807, 2.05) is 44.2 Å². The largest absolute Gasteiger partial charge is 0.459 e. The van der Waals surface area contributed by atoms with E-state index in [1.54, 1.807) is 24.3 Å². The van der Waals surface area contributed by atoms with E-state index in [1.165, 1.54) is 18.0 Å². The Balaban J connectivity index is 1.51. The Morgan fingerprint density at radius 1 is 0.963 bits per heavy atom. The molecule has 0 bridgehead atoms. The van der Waals surface area contributed by atoms with E-state index in [2.05, 4.69) is 10.6 Å². The highest BCUT2D eigenvalue weighted by Gasteiger charge is 2.09. The second-order valence-corrected chi connectivity index (χ2v) is 7.09. The molecule has 0 saturated heterocycles. The molecule has 0 saturated carbocycles. The lowest BCUT2D eigenvalue weighted by Gasteiger charge is -2.10. The van der Waals surface area contributed by atoms with Crippen molar-refractivity contribution < 1.29 is 14.0 Å². The minimum atomic E-state index is -0.298. The predicted octanol–water partition coefficient (Wildman–Crippen LogP) is 4.88. The highest BCUT2D eigenvalue weighted by molar-refractivity contribution is 8.00. The maximum Gasteiger partial charge on any atom is 0.291 e. The van der Waals surface area contributed by atoms with E-state index in [9.17, 15) is 9.59 Å². The lowest BCUT2D eigenvalue weighted by Crippen LogP contribution is -2.15. The number of hydrogen-bond acceptors (Lipinski definition) is 4. The Labute approximate surface area is 162 Å². The summed E-state index contributed by atoms with van der Waals surface area (Å²) in [7, 11) is 0. The molecule has 2 amide bonds. The van der Waals surface area contributed by atoms with Gasteiger partial charge < -0.3 is 15.1 Å². The zero-order chi connectivity index (χ0) is 19.2. The van der Waals surface area contributed by atoms with Gasteiger partial charge in [-0.1, -0.05) is 12.1 Å². The van der Waals surface area contributed by atoms with Crippen molar-refractivity contribution in [3.63, 3.8) is 0 Å². The molecule has 6 heteroatoms. The highest BCUT2D eigenvalue weighted by atomic mass is 32.2. The van der Waals surface area contributed by atoms with Crippen molar-refractivity contribution in [1.29, 1.82) is 0 Å². The van der Waals surface area contributed by atoms with Gasteiger partial charge in [0, 0.05) is 16.3 Å². The third kappa shape index (κ3) is 5.01. The normalized spacial score (nSPS) is 10.4. The summed E-state index contributed by atoms with van der Waals surface area (Å²) in [5, 5.41) is 5.71. The number of carbonyl (C=O) groups is 2. The minimum Gasteiger partial charge on any atom is -0.459 e. The fraction of sp³-hybridized carbons (Fsp3) is 0.143. The molecule has 3 rings (SSSR count). The molecule has 0 unspecified atom stereocenters. The van der Waals surface area contributed by atoms with Crippen LogP contribution in [0, 0.1) is 13.8 Å². The van der Waals surface area contributed by atoms with Crippen LogP contribution in [0.15, 0.2) is 70.2 Å². The predicted molar refractivity (Wildman–Crippen MR) is 108 cm³/mol. The Bertz CT molecular complexity index is 935. The van der Waals surface area contributed by atoms with Crippen LogP contribution < -0.4 is 10.6 Å². The summed E-state index contributed by atoms with van der Waals surface area (Å²) in [5.74, 6) is 0.222. The molecule has 0 aliphatic carbocycles. The van der Waals surface area contributed by atoms with Gasteiger partial charge in [0.05, 0.1) is 12.0 Å². The van der Waals surface area contributed by atoms with Crippen molar-refractivity contribution in [2.45, 2.75) is 18.7 Å². The van der Waals surface area contributed by atoms with E-state index in [0.717, 1.165) is 21.7 Å². The Hall–Kier alpha value is -2.99. The lowest BCUT2D eigenvalue weighted by atomic mass is 10.1. The third-order valence-electron chi connectivity index (χ3n) is 4.11. The van der Waals surface area contributed by atoms with Crippen molar-refractivity contribution in [3.05, 3.63) is 77.7 Å². The van der Waals surface area contributed by atoms with Crippen molar-refractivity contribution in [1.82, 2.24) is 0 Å². The van der Waals surface area contributed by atoms with Gasteiger partial charge in [-0.25, -0.2) is 0 Å². The summed E-state index contributed by atoms with van der Waals surface area (Å²) in [6.45, 7) is 4.01. The standard InChI is InChI=1S/C21H20N2O3S/c1-14-5-3-6-18(15(14)2)23-20(24)13-27-17-10-8-16(9-11-17)22-21(25)19-7-4-12-26-19/h3-12H,13H2,1-2H3,(H,22,25)(H,23,24). The average Bonchev–Trinajstić information content (AvgIpc) is 3.20. The van der Waals surface area contributed by atoms with E-state index in [4.69, 9.17) is 4.42 Å². The van der Waals surface area contributed by atoms with Gasteiger partial charge in [-0.3, -0.25) is 9.59 Å². The van der Waals surface area contributed by atoms with Gasteiger partial charge in [-0.05, 0) is 67.4 Å². The molecule has 3 aromatic rings. The smallest absolute Gasteiger partial charge is 0.291 e. The molecule has 2 N–H and O–H groups in total. The quantitative estimate of drug-likeness (QED) is 0.598. The first-order valence-electron chi connectivity index (χ1n) is 8.47. The molecule has 0 fully saturated rings. The maximum atomic E-state index is 12.2. The average molecular weight is 380 g/mol. The number of benzene rings is 2. The van der Waals surface area contributed by atoms with Gasteiger partial charge in [-0.15, -0.1) is 11.8 Å². The number of furan rings is 1. The zero-order valence-electron chi connectivity index (χ0n) is 15.1. The van der Waals surface area contributed by atoms with Crippen LogP contribution in [0.4, 0.5) is 11.4 Å². The second kappa shape index (κ2) is 8.60. The molecule has 1 heterocycles. The molecule has 0 atom stereocenters. The fourth-order valence-electron chi connectivity index (χ4n) is 2.46. The van der Waals surface area contributed by atoms with Gasteiger partial charge >= 0.3 is 0 Å². The van der Waals surface area contributed by atoms with Gasteiger partial charge in [0.25, 0.3) is 5.91 Å². The van der Waals surface area contributed by atoms with Crippen molar-refractivity contribution in [2.75, 3.05) is 16.4 Å². The van der Waals surface area contributed by atoms with E-state index >= 15 is 0 Å². The van der Waals surface area contributed by atoms with Gasteiger partial charge in [0.2, 0.25) is 5.91 Å². The first-order chi connectivity index (χ1) is 13.0. The number of aryl methyl sites for hydroxylation is 1. The summed E-state index contributed by atoms with van der Waals surface area (Å²) in [4.78, 5) is 25.1. The number of nitrogens with one attached hydrogen (secondary N) is 2. The Kier molecular flexibility index (Phi) is 5.98. The van der Waals surface area contributed by atoms with Crippen LogP contribution in [0.25, 0.3) is 0 Å². The van der Waals surface area contributed by atoms with Gasteiger partial charge in [0.1, 0.15) is 0 Å². The monoisotopic (exact) mass is 380 g/mol. The minimum absolute atomic E-state index is 0.0519.